The summed E-state index contributed by atoms with van der Waals surface area (Å²) in [6, 6.07) is 12.0. The normalized spacial score (nSPS) is 10.8. The second kappa shape index (κ2) is 7.78. The quantitative estimate of drug-likeness (QED) is 0.582. The first-order valence-corrected chi connectivity index (χ1v) is 8.89. The highest BCUT2D eigenvalue weighted by molar-refractivity contribution is 9.08. The summed E-state index contributed by atoms with van der Waals surface area (Å²) in [6.07, 6.45) is 0. The number of aromatic nitrogens is 2. The second-order valence-electron chi connectivity index (χ2n) is 5.63. The Balaban J connectivity index is 2.05. The van der Waals surface area contributed by atoms with Crippen LogP contribution in [0.4, 0.5) is 8.78 Å². The molecule has 0 saturated heterocycles. The average molecular weight is 421 g/mol. The molecule has 0 bridgehead atoms. The molecule has 0 radical (unpaired) electrons. The summed E-state index contributed by atoms with van der Waals surface area (Å²) < 4.78 is 33.3. The zero-order chi connectivity index (χ0) is 18.7. The van der Waals surface area contributed by atoms with E-state index in [2.05, 4.69) is 21.0 Å². The molecular weight excluding hydrogens is 406 g/mol. The van der Waals surface area contributed by atoms with Gasteiger partial charge in [-0.2, -0.15) is 5.10 Å². The largest absolute Gasteiger partial charge is 0.494 e. The van der Waals surface area contributed by atoms with Crippen LogP contribution in [0.2, 0.25) is 0 Å². The Kier molecular flexibility index (Phi) is 5.46. The smallest absolute Gasteiger partial charge is 0.271 e. The van der Waals surface area contributed by atoms with Gasteiger partial charge in [-0.15, -0.1) is 0 Å². The SMILES string of the molecule is COc1ccc(-c2cc(CBr)c(=O)n(Cc3ccc(F)cc3)n2)cc1F. The van der Waals surface area contributed by atoms with Crippen molar-refractivity contribution in [2.45, 2.75) is 11.9 Å². The fourth-order valence-corrected chi connectivity index (χ4v) is 2.93. The maximum Gasteiger partial charge on any atom is 0.271 e. The monoisotopic (exact) mass is 420 g/mol. The van der Waals surface area contributed by atoms with Gasteiger partial charge in [0.25, 0.3) is 5.56 Å². The summed E-state index contributed by atoms with van der Waals surface area (Å²) in [6.45, 7) is 0.186. The predicted molar refractivity (Wildman–Crippen MR) is 98.6 cm³/mol. The third-order valence-corrected chi connectivity index (χ3v) is 4.49. The molecule has 1 heterocycles. The Morgan fingerprint density at radius 2 is 1.85 bits per heavy atom. The van der Waals surface area contributed by atoms with Crippen molar-refractivity contribution in [2.24, 2.45) is 0 Å². The van der Waals surface area contributed by atoms with Gasteiger partial charge in [0, 0.05) is 16.5 Å². The van der Waals surface area contributed by atoms with E-state index in [1.165, 1.54) is 36.1 Å². The fourth-order valence-electron chi connectivity index (χ4n) is 2.53. The van der Waals surface area contributed by atoms with Crippen molar-refractivity contribution in [1.82, 2.24) is 9.78 Å². The number of benzene rings is 2. The van der Waals surface area contributed by atoms with Crippen LogP contribution in [0.1, 0.15) is 11.1 Å². The van der Waals surface area contributed by atoms with E-state index in [4.69, 9.17) is 4.74 Å². The molecule has 0 saturated carbocycles. The molecule has 0 fully saturated rings. The van der Waals surface area contributed by atoms with Crippen LogP contribution in [0.15, 0.2) is 53.3 Å². The van der Waals surface area contributed by atoms with Crippen LogP contribution in [0, 0.1) is 11.6 Å². The van der Waals surface area contributed by atoms with E-state index >= 15 is 0 Å². The third-order valence-electron chi connectivity index (χ3n) is 3.89. The Morgan fingerprint density at radius 1 is 1.12 bits per heavy atom. The summed E-state index contributed by atoms with van der Waals surface area (Å²) in [7, 11) is 1.39. The standard InChI is InChI=1S/C19H15BrF2N2O2/c1-26-18-7-4-13(8-16(18)22)17-9-14(10-20)19(25)24(23-17)11-12-2-5-15(21)6-3-12/h2-9H,10-11H2,1H3. The van der Waals surface area contributed by atoms with Gasteiger partial charge < -0.3 is 4.74 Å². The van der Waals surface area contributed by atoms with Crippen LogP contribution in [-0.4, -0.2) is 16.9 Å². The van der Waals surface area contributed by atoms with Crippen molar-refractivity contribution in [3.05, 3.63) is 81.6 Å². The second-order valence-corrected chi connectivity index (χ2v) is 6.19. The molecule has 0 aliphatic rings. The van der Waals surface area contributed by atoms with Gasteiger partial charge in [0.15, 0.2) is 11.6 Å². The number of methoxy groups -OCH3 is 1. The summed E-state index contributed by atoms with van der Waals surface area (Å²) in [4.78, 5) is 12.5. The number of hydrogen-bond donors (Lipinski definition) is 0. The van der Waals surface area contributed by atoms with Crippen LogP contribution >= 0.6 is 15.9 Å². The van der Waals surface area contributed by atoms with Gasteiger partial charge in [-0.3, -0.25) is 4.79 Å². The van der Waals surface area contributed by atoms with Gasteiger partial charge in [-0.1, -0.05) is 28.1 Å². The molecular formula is C19H15BrF2N2O2. The van der Waals surface area contributed by atoms with Gasteiger partial charge >= 0.3 is 0 Å². The zero-order valence-electron chi connectivity index (χ0n) is 13.9. The lowest BCUT2D eigenvalue weighted by Crippen LogP contribution is -2.26. The molecule has 0 aliphatic heterocycles. The highest BCUT2D eigenvalue weighted by Gasteiger charge is 2.12. The van der Waals surface area contributed by atoms with Gasteiger partial charge in [0.2, 0.25) is 0 Å². The minimum Gasteiger partial charge on any atom is -0.494 e. The molecule has 7 heteroatoms. The maximum absolute atomic E-state index is 14.0. The van der Waals surface area contributed by atoms with Crippen molar-refractivity contribution < 1.29 is 13.5 Å². The molecule has 0 atom stereocenters. The Hall–Kier alpha value is -2.54. The molecule has 3 rings (SSSR count). The molecule has 2 aromatic carbocycles. The van der Waals surface area contributed by atoms with Crippen molar-refractivity contribution >= 4 is 15.9 Å². The summed E-state index contributed by atoms with van der Waals surface area (Å²) >= 11 is 3.30. The van der Waals surface area contributed by atoms with Crippen molar-refractivity contribution in [1.29, 1.82) is 0 Å². The lowest BCUT2D eigenvalue weighted by atomic mass is 10.1. The highest BCUT2D eigenvalue weighted by atomic mass is 79.9. The summed E-state index contributed by atoms with van der Waals surface area (Å²) in [5, 5.41) is 4.68. The van der Waals surface area contributed by atoms with Gasteiger partial charge in [-0.25, -0.2) is 13.5 Å². The molecule has 0 unspecified atom stereocenters. The number of rotatable bonds is 5. The number of halogens is 3. The van der Waals surface area contributed by atoms with E-state index in [0.717, 1.165) is 5.56 Å². The minimum absolute atomic E-state index is 0.133. The fraction of sp³-hybridized carbons (Fsp3) is 0.158. The molecule has 0 spiro atoms. The Labute approximate surface area is 157 Å². The first kappa shape index (κ1) is 18.3. The number of alkyl halides is 1. The molecule has 26 heavy (non-hydrogen) atoms. The molecule has 4 nitrogen and oxygen atoms in total. The van der Waals surface area contributed by atoms with E-state index < -0.39 is 5.82 Å². The van der Waals surface area contributed by atoms with Crippen LogP contribution in [0.25, 0.3) is 11.3 Å². The molecule has 3 aromatic rings. The van der Waals surface area contributed by atoms with E-state index in [1.54, 1.807) is 24.3 Å². The van der Waals surface area contributed by atoms with Crippen LogP contribution in [0.5, 0.6) is 5.75 Å². The van der Waals surface area contributed by atoms with Crippen LogP contribution < -0.4 is 10.3 Å². The van der Waals surface area contributed by atoms with Gasteiger partial charge in [-0.05, 0) is 42.0 Å². The summed E-state index contributed by atoms with van der Waals surface area (Å²) in [5.74, 6) is -0.727. The molecule has 0 aliphatic carbocycles. The maximum atomic E-state index is 14.0. The Morgan fingerprint density at radius 3 is 2.46 bits per heavy atom. The van der Waals surface area contributed by atoms with Crippen LogP contribution in [-0.2, 0) is 11.9 Å². The lowest BCUT2D eigenvalue weighted by Gasteiger charge is -2.11. The topological polar surface area (TPSA) is 44.1 Å². The minimum atomic E-state index is -0.511. The molecule has 0 N–H and O–H groups in total. The van der Waals surface area contributed by atoms with Crippen LogP contribution in [0.3, 0.4) is 0 Å². The number of nitrogens with zero attached hydrogens (tertiary/aromatic N) is 2. The van der Waals surface area contributed by atoms with Gasteiger partial charge in [0.1, 0.15) is 5.82 Å². The highest BCUT2D eigenvalue weighted by Crippen LogP contribution is 2.24. The van der Waals surface area contributed by atoms with Crippen molar-refractivity contribution in [3.63, 3.8) is 0 Å². The average Bonchev–Trinajstić information content (AvgIpc) is 2.65. The third kappa shape index (κ3) is 3.83. The van der Waals surface area contributed by atoms with Gasteiger partial charge in [0.05, 0.1) is 19.3 Å². The zero-order valence-corrected chi connectivity index (χ0v) is 15.5. The first-order valence-electron chi connectivity index (χ1n) is 7.77. The number of hydrogen-bond acceptors (Lipinski definition) is 3. The van der Waals surface area contributed by atoms with Crippen molar-refractivity contribution in [2.75, 3.05) is 7.11 Å². The Bertz CT molecular complexity index is 988. The molecule has 0 amide bonds. The van der Waals surface area contributed by atoms with Crippen molar-refractivity contribution in [3.8, 4) is 17.0 Å². The molecule has 1 aromatic heterocycles. The predicted octanol–water partition coefficient (Wildman–Crippen LogP) is 4.14. The number of ether oxygens (including phenoxy) is 1. The van der Waals surface area contributed by atoms with E-state index in [0.29, 0.717) is 22.2 Å². The van der Waals surface area contributed by atoms with E-state index in [1.807, 2.05) is 0 Å². The van der Waals surface area contributed by atoms with E-state index in [9.17, 15) is 13.6 Å². The molecule has 134 valence electrons. The first-order chi connectivity index (χ1) is 12.5. The summed E-state index contributed by atoms with van der Waals surface area (Å²) in [5.41, 5.74) is 1.96. The lowest BCUT2D eigenvalue weighted by molar-refractivity contribution is 0.386. The van der Waals surface area contributed by atoms with E-state index in [-0.39, 0.29) is 23.7 Å².